The number of anilines is 2. The maximum atomic E-state index is 12.4. The quantitative estimate of drug-likeness (QED) is 0.488. The van der Waals surface area contributed by atoms with Crippen molar-refractivity contribution in [3.05, 3.63) is 39.5 Å². The molecular weight excluding hydrogens is 457 g/mol. The van der Waals surface area contributed by atoms with Crippen LogP contribution in [-0.2, 0) is 0 Å². The first-order chi connectivity index (χ1) is 13.0. The SMILES string of the molecule is CNC(=O)c1cccc2nc(C(C)Nc3ncnc(N)c3I)n(C3CC3)c12. The van der Waals surface area contributed by atoms with Crippen LogP contribution in [0.1, 0.15) is 48.0 Å². The predicted molar refractivity (Wildman–Crippen MR) is 113 cm³/mol. The molecule has 2 heterocycles. The van der Waals surface area contributed by atoms with Crippen molar-refractivity contribution in [2.24, 2.45) is 0 Å². The molecule has 0 radical (unpaired) electrons. The van der Waals surface area contributed by atoms with Crippen LogP contribution in [0.5, 0.6) is 0 Å². The summed E-state index contributed by atoms with van der Waals surface area (Å²) in [5.41, 5.74) is 8.25. The molecule has 1 fully saturated rings. The second kappa shape index (κ2) is 6.95. The summed E-state index contributed by atoms with van der Waals surface area (Å²) in [6, 6.07) is 5.92. The Morgan fingerprint density at radius 3 is 2.85 bits per heavy atom. The zero-order valence-corrected chi connectivity index (χ0v) is 17.2. The van der Waals surface area contributed by atoms with Gasteiger partial charge in [-0.05, 0) is 54.5 Å². The Bertz CT molecular complexity index is 1030. The lowest BCUT2D eigenvalue weighted by atomic mass is 10.1. The molecule has 4 N–H and O–H groups in total. The molecule has 1 atom stereocenters. The van der Waals surface area contributed by atoms with Crippen molar-refractivity contribution in [2.75, 3.05) is 18.1 Å². The summed E-state index contributed by atoms with van der Waals surface area (Å²) in [4.78, 5) is 25.5. The van der Waals surface area contributed by atoms with Gasteiger partial charge in [-0.2, -0.15) is 0 Å². The van der Waals surface area contributed by atoms with Crippen LogP contribution in [0, 0.1) is 3.57 Å². The number of nitrogen functional groups attached to an aromatic ring is 1. The zero-order valence-electron chi connectivity index (χ0n) is 15.0. The molecule has 1 aliphatic carbocycles. The fourth-order valence-corrected chi connectivity index (χ4v) is 3.68. The number of nitrogens with one attached hydrogen (secondary N) is 2. The second-order valence-corrected chi connectivity index (χ2v) is 7.69. The molecule has 0 aliphatic heterocycles. The Balaban J connectivity index is 1.80. The molecule has 1 amide bonds. The number of nitrogens with zero attached hydrogens (tertiary/aromatic N) is 4. The lowest BCUT2D eigenvalue weighted by Gasteiger charge is -2.18. The minimum atomic E-state index is -0.113. The number of carbonyl (C=O) groups is 1. The van der Waals surface area contributed by atoms with Crippen molar-refractivity contribution in [1.29, 1.82) is 0 Å². The van der Waals surface area contributed by atoms with Gasteiger partial charge in [-0.25, -0.2) is 15.0 Å². The smallest absolute Gasteiger partial charge is 0.253 e. The Kier molecular flexibility index (Phi) is 4.62. The minimum Gasteiger partial charge on any atom is -0.383 e. The zero-order chi connectivity index (χ0) is 19.1. The highest BCUT2D eigenvalue weighted by atomic mass is 127. The number of rotatable bonds is 5. The van der Waals surface area contributed by atoms with Crippen molar-refractivity contribution in [1.82, 2.24) is 24.8 Å². The van der Waals surface area contributed by atoms with E-state index in [9.17, 15) is 4.79 Å². The molecule has 27 heavy (non-hydrogen) atoms. The van der Waals surface area contributed by atoms with Crippen molar-refractivity contribution >= 4 is 51.2 Å². The third kappa shape index (κ3) is 3.20. The molecule has 1 aliphatic rings. The maximum absolute atomic E-state index is 12.4. The van der Waals surface area contributed by atoms with E-state index in [4.69, 9.17) is 10.7 Å². The highest BCUT2D eigenvalue weighted by Gasteiger charge is 2.32. The molecule has 1 saturated carbocycles. The Labute approximate surface area is 170 Å². The fraction of sp³-hybridized carbons (Fsp3) is 0.333. The average Bonchev–Trinajstić information content (AvgIpc) is 3.43. The van der Waals surface area contributed by atoms with Crippen LogP contribution in [0.2, 0.25) is 0 Å². The van der Waals surface area contributed by atoms with E-state index in [1.54, 1.807) is 7.05 Å². The van der Waals surface area contributed by atoms with Gasteiger partial charge in [0.2, 0.25) is 0 Å². The molecule has 9 heteroatoms. The van der Waals surface area contributed by atoms with Gasteiger partial charge in [0.25, 0.3) is 5.91 Å². The standard InChI is InChI=1S/C18H20IN7O/c1-9(24-16-13(19)15(20)22-8-23-16)17-25-12-5-3-4-11(18(27)21-2)14(12)26(17)10-6-7-10/h3-5,8-10H,6-7H2,1-2H3,(H,21,27)(H3,20,22,23,24). The van der Waals surface area contributed by atoms with Gasteiger partial charge in [-0.3, -0.25) is 4.79 Å². The number of aromatic nitrogens is 4. The molecule has 0 bridgehead atoms. The highest BCUT2D eigenvalue weighted by molar-refractivity contribution is 14.1. The van der Waals surface area contributed by atoms with Gasteiger partial charge in [-0.1, -0.05) is 6.07 Å². The molecule has 0 spiro atoms. The van der Waals surface area contributed by atoms with Gasteiger partial charge in [0.1, 0.15) is 23.8 Å². The number of imidazole rings is 1. The summed E-state index contributed by atoms with van der Waals surface area (Å²) >= 11 is 2.13. The van der Waals surface area contributed by atoms with E-state index >= 15 is 0 Å². The lowest BCUT2D eigenvalue weighted by molar-refractivity contribution is 0.0964. The highest BCUT2D eigenvalue weighted by Crippen LogP contribution is 2.41. The number of hydrogen-bond donors (Lipinski definition) is 3. The van der Waals surface area contributed by atoms with Gasteiger partial charge in [0.15, 0.2) is 0 Å². The fourth-order valence-electron chi connectivity index (χ4n) is 3.25. The first-order valence-corrected chi connectivity index (χ1v) is 9.84. The van der Waals surface area contributed by atoms with E-state index in [0.29, 0.717) is 23.2 Å². The second-order valence-electron chi connectivity index (χ2n) is 6.61. The number of fused-ring (bicyclic) bond motifs is 1. The topological polar surface area (TPSA) is 111 Å². The first kappa shape index (κ1) is 18.0. The van der Waals surface area contributed by atoms with Gasteiger partial charge in [-0.15, -0.1) is 0 Å². The van der Waals surface area contributed by atoms with Crippen LogP contribution < -0.4 is 16.4 Å². The van der Waals surface area contributed by atoms with Crippen LogP contribution in [0.4, 0.5) is 11.6 Å². The van der Waals surface area contributed by atoms with Crippen LogP contribution in [-0.4, -0.2) is 32.5 Å². The minimum absolute atomic E-state index is 0.104. The number of halogens is 1. The lowest BCUT2D eigenvalue weighted by Crippen LogP contribution is -2.20. The predicted octanol–water partition coefficient (Wildman–Crippen LogP) is 2.88. The summed E-state index contributed by atoms with van der Waals surface area (Å²) in [6.45, 7) is 2.04. The first-order valence-electron chi connectivity index (χ1n) is 8.76. The number of carbonyl (C=O) groups excluding carboxylic acids is 1. The third-order valence-corrected chi connectivity index (χ3v) is 5.74. The summed E-state index contributed by atoms with van der Waals surface area (Å²) in [7, 11) is 1.64. The molecular formula is C18H20IN7O. The number of hydrogen-bond acceptors (Lipinski definition) is 6. The Hall–Kier alpha value is -2.43. The third-order valence-electron chi connectivity index (χ3n) is 4.68. The summed E-state index contributed by atoms with van der Waals surface area (Å²) in [5.74, 6) is 1.90. The average molecular weight is 477 g/mol. The van der Waals surface area contributed by atoms with Crippen molar-refractivity contribution < 1.29 is 4.79 Å². The summed E-state index contributed by atoms with van der Waals surface area (Å²) < 4.78 is 2.98. The van der Waals surface area contributed by atoms with Gasteiger partial charge in [0.05, 0.1) is 26.2 Å². The maximum Gasteiger partial charge on any atom is 0.253 e. The van der Waals surface area contributed by atoms with E-state index in [1.165, 1.54) is 6.33 Å². The van der Waals surface area contributed by atoms with Crippen LogP contribution in [0.15, 0.2) is 24.5 Å². The molecule has 0 saturated heterocycles. The van der Waals surface area contributed by atoms with Crippen molar-refractivity contribution in [3.63, 3.8) is 0 Å². The number of nitrogens with two attached hydrogens (primary N) is 1. The number of amides is 1. The largest absolute Gasteiger partial charge is 0.383 e. The molecule has 2 aromatic heterocycles. The van der Waals surface area contributed by atoms with Crippen molar-refractivity contribution in [3.8, 4) is 0 Å². The van der Waals surface area contributed by atoms with E-state index in [2.05, 4.69) is 47.8 Å². The van der Waals surface area contributed by atoms with Crippen LogP contribution in [0.25, 0.3) is 11.0 Å². The summed E-state index contributed by atoms with van der Waals surface area (Å²) in [6.07, 6.45) is 3.62. The molecule has 1 aromatic carbocycles. The Morgan fingerprint density at radius 1 is 1.37 bits per heavy atom. The Morgan fingerprint density at radius 2 is 2.15 bits per heavy atom. The number of para-hydroxylation sites is 1. The molecule has 4 rings (SSSR count). The van der Waals surface area contributed by atoms with Crippen molar-refractivity contribution in [2.45, 2.75) is 31.8 Å². The molecule has 3 aromatic rings. The number of benzene rings is 1. The van der Waals surface area contributed by atoms with Crippen LogP contribution in [0.3, 0.4) is 0 Å². The molecule has 1 unspecified atom stereocenters. The van der Waals surface area contributed by atoms with E-state index in [1.807, 2.05) is 25.1 Å². The molecule has 140 valence electrons. The van der Waals surface area contributed by atoms with Gasteiger partial charge >= 0.3 is 0 Å². The molecule has 8 nitrogen and oxygen atoms in total. The monoisotopic (exact) mass is 477 g/mol. The van der Waals surface area contributed by atoms with Gasteiger partial charge < -0.3 is 20.9 Å². The summed E-state index contributed by atoms with van der Waals surface area (Å²) in [5, 5.41) is 6.12. The normalized spacial score (nSPS) is 14.9. The van der Waals surface area contributed by atoms with Gasteiger partial charge in [0, 0.05) is 13.1 Å². The van der Waals surface area contributed by atoms with E-state index in [-0.39, 0.29) is 11.9 Å². The van der Waals surface area contributed by atoms with Crippen LogP contribution >= 0.6 is 22.6 Å². The van der Waals surface area contributed by atoms with E-state index in [0.717, 1.165) is 33.3 Å². The van der Waals surface area contributed by atoms with E-state index < -0.39 is 0 Å².